The zero-order valence-electron chi connectivity index (χ0n) is 18.1. The van der Waals surface area contributed by atoms with Crippen LogP contribution in [0.3, 0.4) is 0 Å². The van der Waals surface area contributed by atoms with Crippen LogP contribution in [0, 0.1) is 6.92 Å². The van der Waals surface area contributed by atoms with Gasteiger partial charge in [-0.25, -0.2) is 4.98 Å². The van der Waals surface area contributed by atoms with Crippen molar-refractivity contribution in [2.75, 3.05) is 10.6 Å². The van der Waals surface area contributed by atoms with Crippen molar-refractivity contribution in [3.8, 4) is 11.3 Å². The van der Waals surface area contributed by atoms with Gasteiger partial charge in [0.25, 0.3) is 0 Å². The molecule has 1 aliphatic carbocycles. The van der Waals surface area contributed by atoms with Crippen LogP contribution in [0.5, 0.6) is 0 Å². The lowest BCUT2D eigenvalue weighted by molar-refractivity contribution is 0.390. The molecule has 0 spiro atoms. The van der Waals surface area contributed by atoms with Gasteiger partial charge in [0.15, 0.2) is 5.76 Å². The molecule has 1 aliphatic rings. The van der Waals surface area contributed by atoms with Crippen molar-refractivity contribution in [3.63, 3.8) is 0 Å². The predicted octanol–water partition coefficient (Wildman–Crippen LogP) is 5.57. The Balaban J connectivity index is 1.23. The Morgan fingerprint density at radius 1 is 1.03 bits per heavy atom. The number of aromatic amines is 1. The molecule has 3 N–H and O–H groups in total. The largest absolute Gasteiger partial charge is 0.359 e. The average Bonchev–Trinajstić information content (AvgIpc) is 3.49. The van der Waals surface area contributed by atoms with Crippen LogP contribution in [0.4, 0.5) is 17.6 Å². The van der Waals surface area contributed by atoms with Crippen LogP contribution >= 0.6 is 0 Å². The second-order valence-electron chi connectivity index (χ2n) is 8.28. The molecule has 0 atom stereocenters. The fraction of sp³-hybridized carbons (Fsp3) is 0.333. The van der Waals surface area contributed by atoms with Gasteiger partial charge in [-0.1, -0.05) is 54.8 Å². The van der Waals surface area contributed by atoms with Gasteiger partial charge >= 0.3 is 0 Å². The second kappa shape index (κ2) is 9.21. The molecule has 1 fully saturated rings. The first-order valence-corrected chi connectivity index (χ1v) is 11.2. The Morgan fingerprint density at radius 2 is 1.88 bits per heavy atom. The van der Waals surface area contributed by atoms with E-state index in [0.29, 0.717) is 30.0 Å². The van der Waals surface area contributed by atoms with E-state index in [0.717, 1.165) is 28.5 Å². The summed E-state index contributed by atoms with van der Waals surface area (Å²) >= 11 is 0. The molecule has 0 bridgehead atoms. The molecule has 0 saturated heterocycles. The quantitative estimate of drug-likeness (QED) is 0.353. The molecule has 164 valence electrons. The van der Waals surface area contributed by atoms with Gasteiger partial charge < -0.3 is 15.2 Å². The summed E-state index contributed by atoms with van der Waals surface area (Å²) in [5, 5.41) is 18.3. The molecular weight excluding hydrogens is 402 g/mol. The lowest BCUT2D eigenvalue weighted by Gasteiger charge is -2.18. The van der Waals surface area contributed by atoms with Crippen LogP contribution in [0.2, 0.25) is 0 Å². The van der Waals surface area contributed by atoms with E-state index in [2.05, 4.69) is 42.0 Å². The zero-order chi connectivity index (χ0) is 21.8. The average molecular weight is 430 g/mol. The Kier molecular flexibility index (Phi) is 5.83. The van der Waals surface area contributed by atoms with Gasteiger partial charge in [-0.15, -0.1) is 0 Å². The van der Waals surface area contributed by atoms with E-state index in [9.17, 15) is 0 Å². The van der Waals surface area contributed by atoms with Gasteiger partial charge in [0.1, 0.15) is 17.3 Å². The molecule has 5 rings (SSSR count). The number of hydrogen-bond acceptors (Lipinski definition) is 7. The highest BCUT2D eigenvalue weighted by atomic mass is 16.5. The third-order valence-electron chi connectivity index (χ3n) is 5.79. The normalized spacial score (nSPS) is 14.4. The number of anilines is 3. The van der Waals surface area contributed by atoms with Gasteiger partial charge in [-0.05, 0) is 19.8 Å². The highest BCUT2D eigenvalue weighted by Gasteiger charge is 2.18. The van der Waals surface area contributed by atoms with Gasteiger partial charge in [0.2, 0.25) is 5.95 Å². The summed E-state index contributed by atoms with van der Waals surface area (Å²) in [7, 11) is 0. The van der Waals surface area contributed by atoms with E-state index in [1.807, 2.05) is 49.4 Å². The molecule has 3 aromatic heterocycles. The maximum Gasteiger partial charge on any atom is 0.225 e. The van der Waals surface area contributed by atoms with E-state index in [1.54, 1.807) is 0 Å². The Hall–Kier alpha value is -3.68. The SMILES string of the molecule is Cc1cc(Nc2cc(C3CCCCC3)n[nH]2)nc(NCc2cc(-c3ccccc3)no2)n1. The fourth-order valence-electron chi connectivity index (χ4n) is 4.17. The summed E-state index contributed by atoms with van der Waals surface area (Å²) < 4.78 is 5.46. The lowest BCUT2D eigenvalue weighted by atomic mass is 9.87. The number of aromatic nitrogens is 5. The minimum atomic E-state index is 0.443. The number of aryl methyl sites for hydroxylation is 1. The first kappa shape index (κ1) is 20.2. The summed E-state index contributed by atoms with van der Waals surface area (Å²) in [6.45, 7) is 2.39. The molecule has 8 nitrogen and oxygen atoms in total. The van der Waals surface area contributed by atoms with E-state index in [1.165, 1.54) is 32.1 Å². The van der Waals surface area contributed by atoms with E-state index < -0.39 is 0 Å². The van der Waals surface area contributed by atoms with Crippen molar-refractivity contribution in [2.24, 2.45) is 0 Å². The first-order chi connectivity index (χ1) is 15.7. The number of nitrogens with zero attached hydrogens (tertiary/aromatic N) is 4. The van der Waals surface area contributed by atoms with E-state index in [-0.39, 0.29) is 0 Å². The smallest absolute Gasteiger partial charge is 0.225 e. The first-order valence-electron chi connectivity index (χ1n) is 11.2. The summed E-state index contributed by atoms with van der Waals surface area (Å²) in [6.07, 6.45) is 6.36. The maximum absolute atomic E-state index is 5.46. The summed E-state index contributed by atoms with van der Waals surface area (Å²) in [5.74, 6) is 3.35. The van der Waals surface area contributed by atoms with Crippen molar-refractivity contribution in [1.82, 2.24) is 25.3 Å². The van der Waals surface area contributed by atoms with Gasteiger partial charge in [-0.3, -0.25) is 5.10 Å². The molecule has 1 saturated carbocycles. The van der Waals surface area contributed by atoms with Gasteiger partial charge in [0.05, 0.1) is 12.2 Å². The minimum Gasteiger partial charge on any atom is -0.359 e. The van der Waals surface area contributed by atoms with Crippen LogP contribution in [0.25, 0.3) is 11.3 Å². The molecule has 0 aliphatic heterocycles. The maximum atomic E-state index is 5.46. The monoisotopic (exact) mass is 429 g/mol. The standard InChI is InChI=1S/C24H27N7O/c1-16-12-22(27-23-14-20(29-30-23)17-8-4-2-5-9-17)28-24(26-16)25-15-19-13-21(31-32-19)18-10-6-3-7-11-18/h3,6-7,10-14,17H,2,4-5,8-9,15H2,1H3,(H3,25,26,27,28,29,30). The van der Waals surface area contributed by atoms with Crippen LogP contribution in [0.15, 0.2) is 53.1 Å². The molecule has 0 amide bonds. The topological polar surface area (TPSA) is 105 Å². The van der Waals surface area contributed by atoms with Crippen molar-refractivity contribution < 1.29 is 4.52 Å². The number of nitrogens with one attached hydrogen (secondary N) is 3. The number of hydrogen-bond donors (Lipinski definition) is 3. The minimum absolute atomic E-state index is 0.443. The van der Waals surface area contributed by atoms with Crippen LogP contribution in [0.1, 0.15) is 55.2 Å². The van der Waals surface area contributed by atoms with Crippen LogP contribution < -0.4 is 10.6 Å². The highest BCUT2D eigenvalue weighted by molar-refractivity contribution is 5.58. The predicted molar refractivity (Wildman–Crippen MR) is 124 cm³/mol. The Labute approximate surface area is 186 Å². The summed E-state index contributed by atoms with van der Waals surface area (Å²) in [4.78, 5) is 9.07. The third-order valence-corrected chi connectivity index (χ3v) is 5.79. The molecule has 0 unspecified atom stereocenters. The fourth-order valence-corrected chi connectivity index (χ4v) is 4.17. The third kappa shape index (κ3) is 4.80. The number of rotatable bonds is 7. The summed E-state index contributed by atoms with van der Waals surface area (Å²) in [6, 6.07) is 15.9. The molecule has 0 radical (unpaired) electrons. The van der Waals surface area contributed by atoms with Crippen molar-refractivity contribution >= 4 is 17.6 Å². The lowest BCUT2D eigenvalue weighted by Crippen LogP contribution is -2.06. The Bertz CT molecular complexity index is 1160. The van der Waals surface area contributed by atoms with Gasteiger partial charge in [0, 0.05) is 35.4 Å². The molecule has 3 heterocycles. The molecular formula is C24H27N7O. The van der Waals surface area contributed by atoms with E-state index >= 15 is 0 Å². The van der Waals surface area contributed by atoms with Crippen molar-refractivity contribution in [3.05, 3.63) is 65.7 Å². The summed E-state index contributed by atoms with van der Waals surface area (Å²) in [5.41, 5.74) is 3.83. The highest BCUT2D eigenvalue weighted by Crippen LogP contribution is 2.32. The molecule has 32 heavy (non-hydrogen) atoms. The zero-order valence-corrected chi connectivity index (χ0v) is 18.1. The van der Waals surface area contributed by atoms with Crippen LogP contribution in [-0.4, -0.2) is 25.3 Å². The van der Waals surface area contributed by atoms with Crippen molar-refractivity contribution in [1.29, 1.82) is 0 Å². The molecule has 8 heteroatoms. The number of benzene rings is 1. The van der Waals surface area contributed by atoms with Gasteiger partial charge in [-0.2, -0.15) is 10.1 Å². The van der Waals surface area contributed by atoms with Crippen LogP contribution in [-0.2, 0) is 6.54 Å². The number of H-pyrrole nitrogens is 1. The Morgan fingerprint density at radius 3 is 2.72 bits per heavy atom. The molecule has 4 aromatic rings. The van der Waals surface area contributed by atoms with E-state index in [4.69, 9.17) is 4.52 Å². The van der Waals surface area contributed by atoms with Crippen molar-refractivity contribution in [2.45, 2.75) is 51.5 Å². The second-order valence-corrected chi connectivity index (χ2v) is 8.28. The molecule has 1 aromatic carbocycles.